The van der Waals surface area contributed by atoms with E-state index >= 15 is 0 Å². The van der Waals surface area contributed by atoms with Crippen molar-refractivity contribution in [2.24, 2.45) is 5.10 Å². The zero-order chi connectivity index (χ0) is 23.7. The van der Waals surface area contributed by atoms with Crippen LogP contribution in [-0.2, 0) is 10.0 Å². The third-order valence-electron chi connectivity index (χ3n) is 4.01. The highest BCUT2D eigenvalue weighted by Gasteiger charge is 2.32. The molecule has 170 valence electrons. The predicted octanol–water partition coefficient (Wildman–Crippen LogP) is 3.49. The molecule has 32 heavy (non-hydrogen) atoms. The second-order valence-corrected chi connectivity index (χ2v) is 8.59. The number of alkyl halides is 3. The smallest absolute Gasteiger partial charge is 0.422 e. The van der Waals surface area contributed by atoms with Gasteiger partial charge in [-0.05, 0) is 18.2 Å². The molecule has 0 saturated carbocycles. The van der Waals surface area contributed by atoms with Crippen molar-refractivity contribution in [3.05, 3.63) is 63.6 Å². The molecule has 2 aromatic heterocycles. The highest BCUT2D eigenvalue weighted by molar-refractivity contribution is 7.89. The number of rotatable bonds is 7. The summed E-state index contributed by atoms with van der Waals surface area (Å²) >= 11 is 5.93. The first-order valence-electron chi connectivity index (χ1n) is 8.52. The number of fused-ring (bicyclic) bond motifs is 1. The molecule has 15 heteroatoms. The molecule has 1 aromatic carbocycles. The molecule has 3 aromatic rings. The number of hydrazone groups is 1. The molecule has 2 heterocycles. The minimum atomic E-state index is -4.75. The maximum atomic E-state index is 12.9. The van der Waals surface area contributed by atoms with E-state index in [2.05, 4.69) is 14.8 Å². The van der Waals surface area contributed by atoms with E-state index in [1.807, 2.05) is 0 Å². The predicted molar refractivity (Wildman–Crippen MR) is 107 cm³/mol. The van der Waals surface area contributed by atoms with Crippen LogP contribution in [0.25, 0.3) is 5.65 Å². The van der Waals surface area contributed by atoms with Gasteiger partial charge in [0, 0.05) is 25.4 Å². The highest BCUT2D eigenvalue weighted by Crippen LogP contribution is 2.31. The van der Waals surface area contributed by atoms with Crippen molar-refractivity contribution >= 4 is 39.2 Å². The highest BCUT2D eigenvalue weighted by atomic mass is 35.5. The molecular formula is C17H13ClF3N5O5S. The zero-order valence-electron chi connectivity index (χ0n) is 16.0. The topological polar surface area (TPSA) is 119 Å². The Morgan fingerprint density at radius 2 is 2.06 bits per heavy atom. The fourth-order valence-electron chi connectivity index (χ4n) is 2.50. The number of non-ortho nitro benzene ring substituents is 1. The Kier molecular flexibility index (Phi) is 6.27. The quantitative estimate of drug-likeness (QED) is 0.283. The molecule has 0 saturated heterocycles. The first-order chi connectivity index (χ1) is 14.9. The van der Waals surface area contributed by atoms with Crippen molar-refractivity contribution in [2.75, 3.05) is 13.7 Å². The largest absolute Gasteiger partial charge is 0.483 e. The maximum Gasteiger partial charge on any atom is 0.422 e. The second kappa shape index (κ2) is 8.63. The Hall–Kier alpha value is -3.39. The van der Waals surface area contributed by atoms with Crippen LogP contribution in [0.15, 0.2) is 52.7 Å². The Bertz CT molecular complexity index is 1310. The van der Waals surface area contributed by atoms with E-state index in [9.17, 15) is 31.7 Å². The molecule has 0 N–H and O–H groups in total. The van der Waals surface area contributed by atoms with E-state index in [1.165, 1.54) is 16.8 Å². The molecule has 10 nitrogen and oxygen atoms in total. The summed E-state index contributed by atoms with van der Waals surface area (Å²) in [5, 5.41) is 15.2. The Morgan fingerprint density at radius 1 is 1.34 bits per heavy atom. The summed E-state index contributed by atoms with van der Waals surface area (Å²) in [5.74, 6) is -0.712. The lowest BCUT2D eigenvalue weighted by Crippen LogP contribution is -2.24. The zero-order valence-corrected chi connectivity index (χ0v) is 17.6. The van der Waals surface area contributed by atoms with E-state index in [-0.39, 0.29) is 0 Å². The molecule has 0 aliphatic carbocycles. The summed E-state index contributed by atoms with van der Waals surface area (Å²) in [6.45, 7) is -1.79. The molecule has 0 aliphatic rings. The van der Waals surface area contributed by atoms with Crippen molar-refractivity contribution < 1.29 is 31.2 Å². The normalized spacial score (nSPS) is 12.4. The summed E-state index contributed by atoms with van der Waals surface area (Å²) in [6.07, 6.45) is -0.719. The summed E-state index contributed by atoms with van der Waals surface area (Å²) in [5.41, 5.74) is 0.191. The standard InChI is InChI=1S/C17H13ClF3N5O5S/c1-24(23-8-13-7-22-16-5-2-11(18)9-25(13)16)32(29,30)15-6-12(26(27)28)3-4-14(15)31-10-17(19,20)21/h2-9H,10H2,1H3. The van der Waals surface area contributed by atoms with E-state index in [4.69, 9.17) is 11.6 Å². The van der Waals surface area contributed by atoms with Gasteiger partial charge in [0.2, 0.25) is 0 Å². The second-order valence-electron chi connectivity index (χ2n) is 6.23. The van der Waals surface area contributed by atoms with Gasteiger partial charge in [0.1, 0.15) is 16.3 Å². The third-order valence-corrected chi connectivity index (χ3v) is 5.89. The lowest BCUT2D eigenvalue weighted by Gasteiger charge is -2.17. The van der Waals surface area contributed by atoms with Crippen LogP contribution in [0.5, 0.6) is 5.75 Å². The SMILES string of the molecule is CN(N=Cc1cnc2ccc(Cl)cn12)S(=O)(=O)c1cc([N+](=O)[O-])ccc1OCC(F)(F)F. The first kappa shape index (κ1) is 23.3. The molecule has 3 rings (SSSR count). The van der Waals surface area contributed by atoms with E-state index in [0.717, 1.165) is 25.4 Å². The van der Waals surface area contributed by atoms with Gasteiger partial charge in [0.25, 0.3) is 15.7 Å². The van der Waals surface area contributed by atoms with Crippen LogP contribution >= 0.6 is 11.6 Å². The third kappa shape index (κ3) is 5.08. The summed E-state index contributed by atoms with van der Waals surface area (Å²) in [4.78, 5) is 13.4. The van der Waals surface area contributed by atoms with Crippen LogP contribution in [0.4, 0.5) is 18.9 Å². The van der Waals surface area contributed by atoms with Gasteiger partial charge >= 0.3 is 6.18 Å². The molecule has 0 amide bonds. The lowest BCUT2D eigenvalue weighted by atomic mass is 10.3. The molecular weight excluding hydrogens is 479 g/mol. The van der Waals surface area contributed by atoms with Gasteiger partial charge in [0.05, 0.1) is 28.1 Å². The lowest BCUT2D eigenvalue weighted by molar-refractivity contribution is -0.385. The number of ether oxygens (including phenoxy) is 1. The van der Waals surface area contributed by atoms with Crippen LogP contribution in [0, 0.1) is 10.1 Å². The van der Waals surface area contributed by atoms with E-state index < -0.39 is 44.1 Å². The van der Waals surface area contributed by atoms with Crippen LogP contribution in [-0.4, -0.2) is 53.2 Å². The molecule has 0 atom stereocenters. The number of nitro groups is 1. The molecule has 0 aliphatic heterocycles. The molecule has 0 spiro atoms. The first-order valence-corrected chi connectivity index (χ1v) is 10.3. The number of hydrogen-bond acceptors (Lipinski definition) is 7. The maximum absolute atomic E-state index is 12.9. The fraction of sp³-hybridized carbons (Fsp3) is 0.176. The van der Waals surface area contributed by atoms with Gasteiger partial charge in [-0.25, -0.2) is 4.98 Å². The van der Waals surface area contributed by atoms with Gasteiger partial charge < -0.3 is 4.74 Å². The Balaban J connectivity index is 1.97. The minimum absolute atomic E-state index is 0.345. The van der Waals surface area contributed by atoms with E-state index in [0.29, 0.717) is 26.8 Å². The van der Waals surface area contributed by atoms with Crippen molar-refractivity contribution in [1.82, 2.24) is 13.8 Å². The number of imidazole rings is 1. The van der Waals surface area contributed by atoms with Gasteiger partial charge in [-0.3, -0.25) is 14.5 Å². The summed E-state index contributed by atoms with van der Waals surface area (Å²) in [7, 11) is -3.62. The minimum Gasteiger partial charge on any atom is -0.483 e. The number of nitrogens with zero attached hydrogens (tertiary/aromatic N) is 5. The number of nitro benzene ring substituents is 1. The van der Waals surface area contributed by atoms with Crippen LogP contribution in [0.1, 0.15) is 5.69 Å². The average molecular weight is 492 g/mol. The number of aromatic nitrogens is 2. The number of benzene rings is 1. The Labute approximate surface area is 183 Å². The number of pyridine rings is 1. The van der Waals surface area contributed by atoms with Crippen LogP contribution in [0.3, 0.4) is 0 Å². The molecule has 0 radical (unpaired) electrons. The summed E-state index contributed by atoms with van der Waals surface area (Å²) in [6, 6.07) is 5.43. The number of hydrogen-bond donors (Lipinski definition) is 0. The fourth-order valence-corrected chi connectivity index (χ4v) is 3.77. The van der Waals surface area contributed by atoms with Gasteiger partial charge in [-0.1, -0.05) is 11.6 Å². The van der Waals surface area contributed by atoms with Gasteiger partial charge in [-0.2, -0.15) is 31.1 Å². The van der Waals surface area contributed by atoms with Crippen LogP contribution < -0.4 is 4.74 Å². The molecule has 0 fully saturated rings. The summed E-state index contributed by atoms with van der Waals surface area (Å²) < 4.78 is 70.0. The van der Waals surface area contributed by atoms with E-state index in [1.54, 1.807) is 12.1 Å². The number of halogens is 4. The number of sulfonamides is 1. The van der Waals surface area contributed by atoms with Crippen molar-refractivity contribution in [3.8, 4) is 5.75 Å². The van der Waals surface area contributed by atoms with Gasteiger partial charge in [0.15, 0.2) is 6.61 Å². The molecule has 0 unspecified atom stereocenters. The molecule has 0 bridgehead atoms. The van der Waals surface area contributed by atoms with Crippen LogP contribution in [0.2, 0.25) is 5.02 Å². The van der Waals surface area contributed by atoms with Crippen molar-refractivity contribution in [2.45, 2.75) is 11.1 Å². The van der Waals surface area contributed by atoms with Crippen molar-refractivity contribution in [1.29, 1.82) is 0 Å². The Morgan fingerprint density at radius 3 is 2.72 bits per heavy atom. The monoisotopic (exact) mass is 491 g/mol. The van der Waals surface area contributed by atoms with Crippen molar-refractivity contribution in [3.63, 3.8) is 0 Å². The average Bonchev–Trinajstić information content (AvgIpc) is 3.11. The van der Waals surface area contributed by atoms with Gasteiger partial charge in [-0.15, -0.1) is 0 Å².